The molecule has 3 heterocycles. The van der Waals surface area contributed by atoms with Gasteiger partial charge in [0.15, 0.2) is 17.2 Å². The van der Waals surface area contributed by atoms with Crippen LogP contribution in [0.5, 0.6) is 0 Å². The molecule has 3 aromatic heterocycles. The maximum Gasteiger partial charge on any atom is 0.181 e. The summed E-state index contributed by atoms with van der Waals surface area (Å²) < 4.78 is 5.80. The summed E-state index contributed by atoms with van der Waals surface area (Å²) in [5, 5.41) is 1.07. The van der Waals surface area contributed by atoms with E-state index in [9.17, 15) is 0 Å². The highest BCUT2D eigenvalue weighted by molar-refractivity contribution is 5.83. The van der Waals surface area contributed by atoms with Crippen LogP contribution in [-0.2, 0) is 0 Å². The minimum atomic E-state index is 0.640. The molecule has 0 saturated heterocycles. The molecule has 92 valence electrons. The van der Waals surface area contributed by atoms with Gasteiger partial charge in [0.1, 0.15) is 17.4 Å². The number of benzene rings is 1. The summed E-state index contributed by atoms with van der Waals surface area (Å²) in [4.78, 5) is 15.6. The molecule has 0 spiro atoms. The summed E-state index contributed by atoms with van der Waals surface area (Å²) in [5.41, 5.74) is 3.50. The van der Waals surface area contributed by atoms with Crippen molar-refractivity contribution in [1.29, 1.82) is 0 Å². The molecule has 0 unspecified atom stereocenters. The van der Waals surface area contributed by atoms with Crippen molar-refractivity contribution in [3.8, 4) is 11.6 Å². The molecule has 4 aromatic rings. The zero-order valence-corrected chi connectivity index (χ0v) is 10.2. The van der Waals surface area contributed by atoms with Gasteiger partial charge in [-0.25, -0.2) is 15.0 Å². The molecule has 0 aliphatic heterocycles. The minimum absolute atomic E-state index is 0.640. The van der Waals surface area contributed by atoms with Crippen molar-refractivity contribution in [2.45, 2.75) is 6.92 Å². The van der Waals surface area contributed by atoms with Crippen molar-refractivity contribution in [2.75, 3.05) is 0 Å². The van der Waals surface area contributed by atoms with Gasteiger partial charge >= 0.3 is 0 Å². The summed E-state index contributed by atoms with van der Waals surface area (Å²) in [6.45, 7) is 2.06. The van der Waals surface area contributed by atoms with E-state index in [0.29, 0.717) is 17.2 Å². The highest BCUT2D eigenvalue weighted by Gasteiger charge is 2.11. The van der Waals surface area contributed by atoms with Gasteiger partial charge in [-0.3, -0.25) is 0 Å². The SMILES string of the molecule is Cc1ccc2oc(-c3nc4ncncc4[nH]3)cc2c1. The highest BCUT2D eigenvalue weighted by Crippen LogP contribution is 2.27. The second kappa shape index (κ2) is 3.65. The van der Waals surface area contributed by atoms with Gasteiger partial charge in [-0.1, -0.05) is 11.6 Å². The number of aromatic amines is 1. The fraction of sp³-hybridized carbons (Fsp3) is 0.0714. The van der Waals surface area contributed by atoms with Crippen LogP contribution in [0, 0.1) is 6.92 Å². The third-order valence-electron chi connectivity index (χ3n) is 3.07. The summed E-state index contributed by atoms with van der Waals surface area (Å²) in [5.74, 6) is 1.38. The van der Waals surface area contributed by atoms with Crippen LogP contribution in [0.25, 0.3) is 33.7 Å². The summed E-state index contributed by atoms with van der Waals surface area (Å²) in [6.07, 6.45) is 3.18. The van der Waals surface area contributed by atoms with Crippen LogP contribution in [0.3, 0.4) is 0 Å². The average Bonchev–Trinajstić information content (AvgIpc) is 3.00. The first-order valence-corrected chi connectivity index (χ1v) is 5.96. The molecular weight excluding hydrogens is 240 g/mol. The average molecular weight is 250 g/mol. The lowest BCUT2D eigenvalue weighted by molar-refractivity contribution is 0.626. The predicted octanol–water partition coefficient (Wildman–Crippen LogP) is 3.07. The van der Waals surface area contributed by atoms with Crippen LogP contribution in [0.1, 0.15) is 5.56 Å². The van der Waals surface area contributed by atoms with Crippen LogP contribution >= 0.6 is 0 Å². The molecule has 0 radical (unpaired) electrons. The van der Waals surface area contributed by atoms with Gasteiger partial charge < -0.3 is 9.40 Å². The minimum Gasteiger partial charge on any atom is -0.453 e. The van der Waals surface area contributed by atoms with E-state index in [1.54, 1.807) is 6.20 Å². The van der Waals surface area contributed by atoms with E-state index in [1.165, 1.54) is 11.9 Å². The van der Waals surface area contributed by atoms with E-state index >= 15 is 0 Å². The molecule has 0 fully saturated rings. The standard InChI is InChI=1S/C14H10N4O/c1-8-2-3-11-9(4-8)5-12(19-11)14-17-10-6-15-7-16-13(10)18-14/h2-7H,1H3,(H,15,16,17,18). The molecular formula is C14H10N4O. The number of hydrogen-bond acceptors (Lipinski definition) is 4. The van der Waals surface area contributed by atoms with Crippen molar-refractivity contribution < 1.29 is 4.42 Å². The molecule has 1 N–H and O–H groups in total. The Kier molecular flexibility index (Phi) is 1.97. The lowest BCUT2D eigenvalue weighted by Gasteiger charge is -1.89. The third kappa shape index (κ3) is 1.59. The number of nitrogens with one attached hydrogen (secondary N) is 1. The number of aromatic nitrogens is 4. The number of H-pyrrole nitrogens is 1. The van der Waals surface area contributed by atoms with Gasteiger partial charge in [0.05, 0.1) is 6.20 Å². The normalized spacial score (nSPS) is 11.4. The maximum absolute atomic E-state index is 5.80. The first kappa shape index (κ1) is 10.3. The predicted molar refractivity (Wildman–Crippen MR) is 71.6 cm³/mol. The molecule has 19 heavy (non-hydrogen) atoms. The number of aryl methyl sites for hydroxylation is 1. The number of furan rings is 1. The first-order valence-electron chi connectivity index (χ1n) is 5.96. The van der Waals surface area contributed by atoms with Crippen molar-refractivity contribution >= 4 is 22.1 Å². The van der Waals surface area contributed by atoms with Gasteiger partial charge in [-0.05, 0) is 25.1 Å². The second-order valence-electron chi connectivity index (χ2n) is 4.50. The lowest BCUT2D eigenvalue weighted by atomic mass is 10.2. The van der Waals surface area contributed by atoms with E-state index in [4.69, 9.17) is 4.42 Å². The van der Waals surface area contributed by atoms with Crippen LogP contribution in [0.4, 0.5) is 0 Å². The Hall–Kier alpha value is -2.69. The molecule has 4 rings (SSSR count). The van der Waals surface area contributed by atoms with E-state index < -0.39 is 0 Å². The molecule has 0 atom stereocenters. The van der Waals surface area contributed by atoms with Gasteiger partial charge in [0, 0.05) is 5.39 Å². The lowest BCUT2D eigenvalue weighted by Crippen LogP contribution is -1.76. The Morgan fingerprint density at radius 2 is 2.16 bits per heavy atom. The first-order chi connectivity index (χ1) is 9.29. The molecule has 5 heteroatoms. The molecule has 0 amide bonds. The van der Waals surface area contributed by atoms with Gasteiger partial charge in [-0.2, -0.15) is 0 Å². The van der Waals surface area contributed by atoms with Crippen LogP contribution in [-0.4, -0.2) is 19.9 Å². The van der Waals surface area contributed by atoms with Gasteiger partial charge in [0.2, 0.25) is 0 Å². The van der Waals surface area contributed by atoms with Crippen molar-refractivity contribution in [3.05, 3.63) is 42.4 Å². The van der Waals surface area contributed by atoms with Crippen molar-refractivity contribution in [3.63, 3.8) is 0 Å². The summed E-state index contributed by atoms with van der Waals surface area (Å²) >= 11 is 0. The van der Waals surface area contributed by atoms with E-state index in [1.807, 2.05) is 18.2 Å². The number of imidazole rings is 1. The Labute approximate surface area is 108 Å². The van der Waals surface area contributed by atoms with E-state index in [-0.39, 0.29) is 0 Å². The highest BCUT2D eigenvalue weighted by atomic mass is 16.3. The number of hydrogen-bond donors (Lipinski definition) is 1. The van der Waals surface area contributed by atoms with E-state index in [0.717, 1.165) is 16.5 Å². The third-order valence-corrected chi connectivity index (χ3v) is 3.07. The summed E-state index contributed by atoms with van der Waals surface area (Å²) in [6, 6.07) is 8.06. The quantitative estimate of drug-likeness (QED) is 0.563. The molecule has 0 saturated carbocycles. The number of rotatable bonds is 1. The number of nitrogens with zero attached hydrogens (tertiary/aromatic N) is 3. The second-order valence-corrected chi connectivity index (χ2v) is 4.50. The fourth-order valence-electron chi connectivity index (χ4n) is 2.16. The largest absolute Gasteiger partial charge is 0.453 e. The summed E-state index contributed by atoms with van der Waals surface area (Å²) in [7, 11) is 0. The van der Waals surface area contributed by atoms with E-state index in [2.05, 4.69) is 32.9 Å². The molecule has 0 bridgehead atoms. The van der Waals surface area contributed by atoms with Crippen LogP contribution in [0.15, 0.2) is 41.2 Å². The van der Waals surface area contributed by atoms with Crippen molar-refractivity contribution in [1.82, 2.24) is 19.9 Å². The smallest absolute Gasteiger partial charge is 0.181 e. The van der Waals surface area contributed by atoms with Crippen LogP contribution < -0.4 is 0 Å². The monoisotopic (exact) mass is 250 g/mol. The van der Waals surface area contributed by atoms with Gasteiger partial charge in [0.25, 0.3) is 0 Å². The maximum atomic E-state index is 5.80. The zero-order chi connectivity index (χ0) is 12.8. The topological polar surface area (TPSA) is 67.6 Å². The Morgan fingerprint density at radius 1 is 1.21 bits per heavy atom. The van der Waals surface area contributed by atoms with Crippen molar-refractivity contribution in [2.24, 2.45) is 0 Å². The van der Waals surface area contributed by atoms with Crippen LogP contribution in [0.2, 0.25) is 0 Å². The molecule has 5 nitrogen and oxygen atoms in total. The Balaban J connectivity index is 1.93. The number of fused-ring (bicyclic) bond motifs is 2. The van der Waals surface area contributed by atoms with Gasteiger partial charge in [-0.15, -0.1) is 0 Å². The Bertz CT molecular complexity index is 858. The molecule has 1 aromatic carbocycles. The molecule has 0 aliphatic rings. The zero-order valence-electron chi connectivity index (χ0n) is 10.2. The molecule has 0 aliphatic carbocycles. The fourth-order valence-corrected chi connectivity index (χ4v) is 2.16. The Morgan fingerprint density at radius 3 is 3.05 bits per heavy atom.